The Morgan fingerprint density at radius 3 is 2.88 bits per heavy atom. The lowest BCUT2D eigenvalue weighted by Gasteiger charge is -2.25. The summed E-state index contributed by atoms with van der Waals surface area (Å²) in [4.78, 5) is 12.3. The second kappa shape index (κ2) is 6.74. The molecule has 26 heavy (non-hydrogen) atoms. The number of carbonyl (C=O) groups excluding carboxylic acids is 1. The summed E-state index contributed by atoms with van der Waals surface area (Å²) in [6, 6.07) is 9.83. The Balaban J connectivity index is 1.45. The third-order valence-electron chi connectivity index (χ3n) is 4.06. The third-order valence-corrected chi connectivity index (χ3v) is 4.75. The lowest BCUT2D eigenvalue weighted by atomic mass is 9.93. The van der Waals surface area contributed by atoms with Crippen LogP contribution in [0.25, 0.3) is 0 Å². The van der Waals surface area contributed by atoms with Gasteiger partial charge in [-0.3, -0.25) is 0 Å². The molecular weight excluding hydrogens is 356 g/mol. The predicted molar refractivity (Wildman–Crippen MR) is 95.6 cm³/mol. The van der Waals surface area contributed by atoms with Crippen LogP contribution < -0.4 is 20.1 Å². The highest BCUT2D eigenvalue weighted by Crippen LogP contribution is 2.34. The van der Waals surface area contributed by atoms with Crippen LogP contribution in [0.3, 0.4) is 0 Å². The molecule has 0 fully saturated rings. The molecule has 1 aliphatic rings. The molecule has 1 aliphatic heterocycles. The van der Waals surface area contributed by atoms with Crippen molar-refractivity contribution in [2.24, 2.45) is 0 Å². The van der Waals surface area contributed by atoms with Gasteiger partial charge in [0, 0.05) is 17.3 Å². The van der Waals surface area contributed by atoms with Gasteiger partial charge in [0.25, 0.3) is 0 Å². The summed E-state index contributed by atoms with van der Waals surface area (Å²) in [5.74, 6) is 1.58. The molecule has 3 aromatic rings. The summed E-state index contributed by atoms with van der Waals surface area (Å²) in [6.45, 7) is 0.120. The maximum Gasteiger partial charge on any atom is 0.319 e. The van der Waals surface area contributed by atoms with Gasteiger partial charge in [-0.1, -0.05) is 0 Å². The van der Waals surface area contributed by atoms with Gasteiger partial charge >= 0.3 is 6.03 Å². The van der Waals surface area contributed by atoms with E-state index in [1.54, 1.807) is 36.4 Å². The van der Waals surface area contributed by atoms with E-state index in [-0.39, 0.29) is 13.3 Å². The molecule has 7 nitrogen and oxygen atoms in total. The molecule has 3 N–H and O–H groups in total. The Labute approximate surface area is 153 Å². The molecule has 134 valence electrons. The number of hydrogen-bond acceptors (Lipinski definition) is 6. The average Bonchev–Trinajstić information content (AvgIpc) is 3.41. The van der Waals surface area contributed by atoms with E-state index in [9.17, 15) is 9.90 Å². The van der Waals surface area contributed by atoms with E-state index in [4.69, 9.17) is 13.9 Å². The van der Waals surface area contributed by atoms with Crippen LogP contribution in [-0.2, 0) is 5.60 Å². The number of hydrogen-bond donors (Lipinski definition) is 3. The minimum absolute atomic E-state index is 0.0480. The SMILES string of the molecule is O=C(NC[C@](O)(c1ccsc1)c1ccco1)Nc1ccc2c(c1)OCO2. The van der Waals surface area contributed by atoms with E-state index in [2.05, 4.69) is 10.6 Å². The van der Waals surface area contributed by atoms with Crippen molar-refractivity contribution in [3.8, 4) is 11.5 Å². The zero-order valence-electron chi connectivity index (χ0n) is 13.6. The Hall–Kier alpha value is -2.97. The number of aliphatic hydroxyl groups is 1. The van der Waals surface area contributed by atoms with Gasteiger partial charge in [0.05, 0.1) is 12.8 Å². The van der Waals surface area contributed by atoms with Crippen molar-refractivity contribution in [2.75, 3.05) is 18.7 Å². The van der Waals surface area contributed by atoms with Crippen molar-refractivity contribution < 1.29 is 23.8 Å². The van der Waals surface area contributed by atoms with E-state index in [1.807, 2.05) is 10.8 Å². The van der Waals surface area contributed by atoms with Gasteiger partial charge in [0.2, 0.25) is 6.79 Å². The summed E-state index contributed by atoms with van der Waals surface area (Å²) in [5.41, 5.74) is -0.236. The summed E-state index contributed by atoms with van der Waals surface area (Å²) < 4.78 is 15.9. The second-order valence-electron chi connectivity index (χ2n) is 5.73. The van der Waals surface area contributed by atoms with Gasteiger partial charge in [-0.15, -0.1) is 0 Å². The number of carbonyl (C=O) groups is 1. The first-order valence-corrected chi connectivity index (χ1v) is 8.83. The van der Waals surface area contributed by atoms with Crippen molar-refractivity contribution in [3.63, 3.8) is 0 Å². The largest absolute Gasteiger partial charge is 0.466 e. The molecule has 2 amide bonds. The third kappa shape index (κ3) is 3.12. The second-order valence-corrected chi connectivity index (χ2v) is 6.51. The van der Waals surface area contributed by atoms with Crippen molar-refractivity contribution in [3.05, 3.63) is 64.7 Å². The van der Waals surface area contributed by atoms with E-state index in [0.717, 1.165) is 0 Å². The monoisotopic (exact) mass is 372 g/mol. The number of nitrogens with one attached hydrogen (secondary N) is 2. The molecule has 0 radical (unpaired) electrons. The minimum Gasteiger partial charge on any atom is -0.466 e. The van der Waals surface area contributed by atoms with Crippen LogP contribution in [-0.4, -0.2) is 24.5 Å². The first-order chi connectivity index (χ1) is 12.6. The molecule has 0 saturated carbocycles. The molecule has 8 heteroatoms. The van der Waals surface area contributed by atoms with Gasteiger partial charge in [-0.25, -0.2) is 4.79 Å². The van der Waals surface area contributed by atoms with Crippen LogP contribution in [0.15, 0.2) is 57.8 Å². The first kappa shape index (κ1) is 16.5. The molecule has 0 saturated heterocycles. The summed E-state index contributed by atoms with van der Waals surface area (Å²) in [6.07, 6.45) is 1.49. The predicted octanol–water partition coefficient (Wildman–Crippen LogP) is 3.13. The standard InChI is InChI=1S/C18H16N2O5S/c21-17(20-13-3-4-14-15(8-13)25-11-24-14)19-10-18(22,12-5-7-26-9-12)16-2-1-6-23-16/h1-9,22H,10-11H2,(H2,19,20,21)/t18-/m0/s1. The lowest BCUT2D eigenvalue weighted by Crippen LogP contribution is -2.42. The number of ether oxygens (including phenoxy) is 2. The average molecular weight is 372 g/mol. The lowest BCUT2D eigenvalue weighted by molar-refractivity contribution is 0.0597. The number of thiophene rings is 1. The van der Waals surface area contributed by atoms with Crippen molar-refractivity contribution in [1.82, 2.24) is 5.32 Å². The van der Waals surface area contributed by atoms with Crippen LogP contribution in [0, 0.1) is 0 Å². The summed E-state index contributed by atoms with van der Waals surface area (Å²) in [5, 5.41) is 20.2. The van der Waals surface area contributed by atoms with Crippen LogP contribution in [0.2, 0.25) is 0 Å². The number of anilines is 1. The van der Waals surface area contributed by atoms with Crippen LogP contribution in [0.5, 0.6) is 11.5 Å². The minimum atomic E-state index is -1.45. The van der Waals surface area contributed by atoms with E-state index in [1.165, 1.54) is 17.6 Å². The Morgan fingerprint density at radius 1 is 1.23 bits per heavy atom. The molecule has 1 atom stereocenters. The van der Waals surface area contributed by atoms with E-state index < -0.39 is 11.6 Å². The number of amides is 2. The maximum absolute atomic E-state index is 12.3. The Bertz CT molecular complexity index is 858. The molecule has 3 heterocycles. The molecule has 4 rings (SSSR count). The van der Waals surface area contributed by atoms with Crippen LogP contribution in [0.1, 0.15) is 11.3 Å². The molecular formula is C18H16N2O5S. The maximum atomic E-state index is 12.3. The van der Waals surface area contributed by atoms with Crippen LogP contribution >= 0.6 is 11.3 Å². The number of fused-ring (bicyclic) bond motifs is 1. The highest BCUT2D eigenvalue weighted by molar-refractivity contribution is 7.08. The highest BCUT2D eigenvalue weighted by atomic mass is 32.1. The molecule has 0 aliphatic carbocycles. The highest BCUT2D eigenvalue weighted by Gasteiger charge is 2.35. The van der Waals surface area contributed by atoms with Gasteiger partial charge < -0.3 is 29.6 Å². The number of furan rings is 1. The van der Waals surface area contributed by atoms with Crippen molar-refractivity contribution >= 4 is 23.1 Å². The summed E-state index contributed by atoms with van der Waals surface area (Å²) in [7, 11) is 0. The number of urea groups is 1. The fourth-order valence-electron chi connectivity index (χ4n) is 2.70. The molecule has 0 bridgehead atoms. The fourth-order valence-corrected chi connectivity index (χ4v) is 3.43. The zero-order valence-corrected chi connectivity index (χ0v) is 14.4. The molecule has 1 aromatic carbocycles. The van der Waals surface area contributed by atoms with Crippen molar-refractivity contribution in [2.45, 2.75) is 5.60 Å². The van der Waals surface area contributed by atoms with Gasteiger partial charge in [0.15, 0.2) is 17.1 Å². The smallest absolute Gasteiger partial charge is 0.319 e. The number of rotatable bonds is 5. The number of benzene rings is 1. The summed E-state index contributed by atoms with van der Waals surface area (Å²) >= 11 is 1.46. The molecule has 0 unspecified atom stereocenters. The molecule has 2 aromatic heterocycles. The van der Waals surface area contributed by atoms with E-state index in [0.29, 0.717) is 28.5 Å². The van der Waals surface area contributed by atoms with Gasteiger partial charge in [-0.05, 0) is 41.1 Å². The zero-order chi connectivity index (χ0) is 18.0. The fraction of sp³-hybridized carbons (Fsp3) is 0.167. The van der Waals surface area contributed by atoms with Gasteiger partial charge in [0.1, 0.15) is 5.76 Å². The first-order valence-electron chi connectivity index (χ1n) is 7.89. The van der Waals surface area contributed by atoms with Crippen molar-refractivity contribution in [1.29, 1.82) is 0 Å². The van der Waals surface area contributed by atoms with Crippen LogP contribution in [0.4, 0.5) is 10.5 Å². The Kier molecular flexibility index (Phi) is 4.27. The Morgan fingerprint density at radius 2 is 2.12 bits per heavy atom. The quantitative estimate of drug-likeness (QED) is 0.640. The normalized spacial score (nSPS) is 14.7. The van der Waals surface area contributed by atoms with Gasteiger partial charge in [-0.2, -0.15) is 11.3 Å². The van der Waals surface area contributed by atoms with E-state index >= 15 is 0 Å². The molecule has 0 spiro atoms. The topological polar surface area (TPSA) is 93.0 Å².